The van der Waals surface area contributed by atoms with Crippen LogP contribution in [0.3, 0.4) is 0 Å². The zero-order valence-electron chi connectivity index (χ0n) is 12.2. The number of carbonyl (C=O) groups is 1. The minimum absolute atomic E-state index is 0.0821. The predicted molar refractivity (Wildman–Crippen MR) is 77.6 cm³/mol. The summed E-state index contributed by atoms with van der Waals surface area (Å²) in [5, 5.41) is 4.12. The van der Waals surface area contributed by atoms with Gasteiger partial charge in [-0.15, -0.1) is 0 Å². The van der Waals surface area contributed by atoms with Crippen molar-refractivity contribution in [3.8, 4) is 0 Å². The quantitative estimate of drug-likeness (QED) is 0.827. The van der Waals surface area contributed by atoms with Crippen molar-refractivity contribution in [2.75, 3.05) is 24.5 Å². The van der Waals surface area contributed by atoms with Crippen molar-refractivity contribution < 1.29 is 4.79 Å². The fraction of sp³-hybridized carbons (Fsp3) is 0.429. The Morgan fingerprint density at radius 3 is 2.71 bits per heavy atom. The summed E-state index contributed by atoms with van der Waals surface area (Å²) >= 11 is 0. The van der Waals surface area contributed by atoms with E-state index in [-0.39, 0.29) is 11.9 Å². The summed E-state index contributed by atoms with van der Waals surface area (Å²) in [7, 11) is 1.85. The lowest BCUT2D eigenvalue weighted by molar-refractivity contribution is -0.122. The smallest absolute Gasteiger partial charge is 0.241 e. The zero-order chi connectivity index (χ0) is 14.8. The lowest BCUT2D eigenvalue weighted by Crippen LogP contribution is -2.51. The number of piperazine rings is 1. The first-order chi connectivity index (χ1) is 10.1. The first-order valence-corrected chi connectivity index (χ1v) is 6.94. The van der Waals surface area contributed by atoms with E-state index in [1.165, 1.54) is 0 Å². The van der Waals surface area contributed by atoms with E-state index in [0.717, 1.165) is 17.9 Å². The highest BCUT2D eigenvalue weighted by Gasteiger charge is 2.29. The molecule has 7 nitrogen and oxygen atoms in total. The highest BCUT2D eigenvalue weighted by molar-refractivity contribution is 5.95. The van der Waals surface area contributed by atoms with Gasteiger partial charge in [-0.1, -0.05) is 0 Å². The average Bonchev–Trinajstić information content (AvgIpc) is 2.93. The summed E-state index contributed by atoms with van der Waals surface area (Å²) in [5.41, 5.74) is 1.74. The highest BCUT2D eigenvalue weighted by Crippen LogP contribution is 2.22. The van der Waals surface area contributed by atoms with Crippen LogP contribution in [0.15, 0.2) is 31.0 Å². The molecule has 1 aliphatic heterocycles. The predicted octanol–water partition coefficient (Wildman–Crippen LogP) is 0.620. The van der Waals surface area contributed by atoms with Gasteiger partial charge in [0.1, 0.15) is 0 Å². The SMILES string of the molecule is CC(c1cnccn1)N1CCN(c2cnn(C)c2)C(=O)C1. The third-order valence-corrected chi connectivity index (χ3v) is 3.81. The Labute approximate surface area is 123 Å². The summed E-state index contributed by atoms with van der Waals surface area (Å²) in [5.74, 6) is 0.0880. The van der Waals surface area contributed by atoms with Crippen molar-refractivity contribution in [3.63, 3.8) is 0 Å². The first kappa shape index (κ1) is 13.7. The molecule has 3 rings (SSSR count). The van der Waals surface area contributed by atoms with Crippen molar-refractivity contribution in [3.05, 3.63) is 36.7 Å². The Morgan fingerprint density at radius 1 is 1.24 bits per heavy atom. The van der Waals surface area contributed by atoms with Crippen LogP contribution in [0.2, 0.25) is 0 Å². The molecular formula is C14H18N6O. The van der Waals surface area contributed by atoms with Gasteiger partial charge < -0.3 is 4.90 Å². The molecule has 1 fully saturated rings. The molecule has 1 atom stereocenters. The molecule has 0 spiro atoms. The fourth-order valence-electron chi connectivity index (χ4n) is 2.56. The van der Waals surface area contributed by atoms with E-state index in [9.17, 15) is 4.79 Å². The fourth-order valence-corrected chi connectivity index (χ4v) is 2.56. The molecule has 2 aromatic heterocycles. The largest absolute Gasteiger partial charge is 0.307 e. The molecule has 1 amide bonds. The van der Waals surface area contributed by atoms with Crippen molar-refractivity contribution >= 4 is 11.6 Å². The van der Waals surface area contributed by atoms with E-state index in [4.69, 9.17) is 0 Å². The number of carbonyl (C=O) groups excluding carboxylic acids is 1. The van der Waals surface area contributed by atoms with Crippen LogP contribution in [0.5, 0.6) is 0 Å². The molecule has 2 aromatic rings. The Morgan fingerprint density at radius 2 is 2.10 bits per heavy atom. The van der Waals surface area contributed by atoms with Crippen molar-refractivity contribution in [2.24, 2.45) is 7.05 Å². The maximum atomic E-state index is 12.4. The number of aromatic nitrogens is 4. The van der Waals surface area contributed by atoms with Gasteiger partial charge in [0, 0.05) is 44.9 Å². The van der Waals surface area contributed by atoms with Gasteiger partial charge in [0.15, 0.2) is 0 Å². The monoisotopic (exact) mass is 286 g/mol. The number of rotatable bonds is 3. The minimum Gasteiger partial charge on any atom is -0.307 e. The van der Waals surface area contributed by atoms with Gasteiger partial charge in [-0.2, -0.15) is 5.10 Å². The molecule has 3 heterocycles. The van der Waals surface area contributed by atoms with E-state index in [1.54, 1.807) is 34.4 Å². The molecule has 0 bridgehead atoms. The van der Waals surface area contributed by atoms with Crippen LogP contribution in [0, 0.1) is 0 Å². The van der Waals surface area contributed by atoms with Gasteiger partial charge in [-0.25, -0.2) is 0 Å². The average molecular weight is 286 g/mol. The zero-order valence-corrected chi connectivity index (χ0v) is 12.2. The molecule has 1 aliphatic rings. The van der Waals surface area contributed by atoms with Crippen molar-refractivity contribution in [2.45, 2.75) is 13.0 Å². The molecular weight excluding hydrogens is 268 g/mol. The first-order valence-electron chi connectivity index (χ1n) is 6.94. The summed E-state index contributed by atoms with van der Waals surface area (Å²) in [6, 6.07) is 0.0821. The molecule has 110 valence electrons. The Hall–Kier alpha value is -2.28. The number of nitrogens with zero attached hydrogens (tertiary/aromatic N) is 6. The van der Waals surface area contributed by atoms with Gasteiger partial charge in [0.25, 0.3) is 0 Å². The molecule has 0 radical (unpaired) electrons. The van der Waals surface area contributed by atoms with E-state index in [0.29, 0.717) is 13.1 Å². The lowest BCUT2D eigenvalue weighted by Gasteiger charge is -2.36. The standard InChI is InChI=1S/C14H18N6O/c1-11(13-8-15-3-4-16-13)19-5-6-20(14(21)10-19)12-7-17-18(2)9-12/h3-4,7-9,11H,5-6,10H2,1-2H3. The third-order valence-electron chi connectivity index (χ3n) is 3.81. The molecule has 21 heavy (non-hydrogen) atoms. The molecule has 0 aromatic carbocycles. The molecule has 7 heteroatoms. The summed E-state index contributed by atoms with van der Waals surface area (Å²) in [6.07, 6.45) is 8.67. The third kappa shape index (κ3) is 2.78. The van der Waals surface area contributed by atoms with Gasteiger partial charge in [0.2, 0.25) is 5.91 Å². The number of amides is 1. The van der Waals surface area contributed by atoms with Gasteiger partial charge in [-0.05, 0) is 6.92 Å². The maximum absolute atomic E-state index is 12.4. The second-order valence-electron chi connectivity index (χ2n) is 5.19. The molecule has 0 N–H and O–H groups in total. The number of hydrogen-bond acceptors (Lipinski definition) is 5. The normalized spacial score (nSPS) is 18.0. The van der Waals surface area contributed by atoms with E-state index < -0.39 is 0 Å². The van der Waals surface area contributed by atoms with Crippen LogP contribution in [-0.4, -0.2) is 50.2 Å². The van der Waals surface area contributed by atoms with Gasteiger partial charge in [0.05, 0.1) is 30.2 Å². The summed E-state index contributed by atoms with van der Waals surface area (Å²) in [6.45, 7) is 3.90. The van der Waals surface area contributed by atoms with Crippen LogP contribution in [0.25, 0.3) is 0 Å². The number of hydrogen-bond donors (Lipinski definition) is 0. The molecule has 1 saturated heterocycles. The van der Waals surface area contributed by atoms with Crippen molar-refractivity contribution in [1.29, 1.82) is 0 Å². The maximum Gasteiger partial charge on any atom is 0.241 e. The van der Waals surface area contributed by atoms with Crippen molar-refractivity contribution in [1.82, 2.24) is 24.6 Å². The Kier molecular flexibility index (Phi) is 3.66. The molecule has 0 saturated carbocycles. The van der Waals surface area contributed by atoms with Gasteiger partial charge in [-0.3, -0.25) is 24.3 Å². The molecule has 0 aliphatic carbocycles. The topological polar surface area (TPSA) is 67.2 Å². The summed E-state index contributed by atoms with van der Waals surface area (Å²) < 4.78 is 1.71. The van der Waals surface area contributed by atoms with E-state index >= 15 is 0 Å². The van der Waals surface area contributed by atoms with E-state index in [2.05, 4.69) is 26.9 Å². The number of aryl methyl sites for hydroxylation is 1. The Bertz CT molecular complexity index is 625. The summed E-state index contributed by atoms with van der Waals surface area (Å²) in [4.78, 5) is 24.7. The van der Waals surface area contributed by atoms with Crippen LogP contribution in [-0.2, 0) is 11.8 Å². The van der Waals surface area contributed by atoms with Crippen LogP contribution >= 0.6 is 0 Å². The lowest BCUT2D eigenvalue weighted by atomic mass is 10.1. The van der Waals surface area contributed by atoms with Crippen LogP contribution < -0.4 is 4.90 Å². The Balaban J connectivity index is 1.70. The number of anilines is 1. The minimum atomic E-state index is 0.0821. The highest BCUT2D eigenvalue weighted by atomic mass is 16.2. The second-order valence-corrected chi connectivity index (χ2v) is 5.19. The second kappa shape index (κ2) is 5.61. The van der Waals surface area contributed by atoms with Gasteiger partial charge >= 0.3 is 0 Å². The molecule has 1 unspecified atom stereocenters. The van der Waals surface area contributed by atoms with E-state index in [1.807, 2.05) is 13.2 Å². The van der Waals surface area contributed by atoms with Crippen LogP contribution in [0.4, 0.5) is 5.69 Å². The van der Waals surface area contributed by atoms with Crippen LogP contribution in [0.1, 0.15) is 18.7 Å².